The first kappa shape index (κ1) is 27.6. The number of benzene rings is 3. The number of phenols is 1. The lowest BCUT2D eigenvalue weighted by atomic mass is 9.84. The number of esters is 1. The Bertz CT molecular complexity index is 1310. The van der Waals surface area contributed by atoms with Gasteiger partial charge >= 0.3 is 5.97 Å². The van der Waals surface area contributed by atoms with Gasteiger partial charge in [0.25, 0.3) is 0 Å². The largest absolute Gasteiger partial charge is 0.507 e. The van der Waals surface area contributed by atoms with Gasteiger partial charge in [-0.2, -0.15) is 0 Å². The SMILES string of the molecule is CCC(CC)CC(=O)c1c(C(=O)OC)c(-c2ccc(OC)c(OC)c2)c2c(OC)c(OC)ccc2c1O. The summed E-state index contributed by atoms with van der Waals surface area (Å²) < 4.78 is 27.3. The number of hydrogen-bond donors (Lipinski definition) is 1. The van der Waals surface area contributed by atoms with Gasteiger partial charge in [0.05, 0.1) is 46.7 Å². The van der Waals surface area contributed by atoms with E-state index in [0.29, 0.717) is 44.9 Å². The number of Topliss-reactive ketones (excluding diaryl/α,β-unsaturated/α-hetero) is 1. The number of ketones is 1. The van der Waals surface area contributed by atoms with E-state index in [2.05, 4.69) is 0 Å². The maximum atomic E-state index is 13.7. The van der Waals surface area contributed by atoms with E-state index in [9.17, 15) is 14.7 Å². The molecule has 37 heavy (non-hydrogen) atoms. The Hall–Kier alpha value is -3.94. The van der Waals surface area contributed by atoms with E-state index in [1.54, 1.807) is 30.3 Å². The highest BCUT2D eigenvalue weighted by Crippen LogP contribution is 2.49. The van der Waals surface area contributed by atoms with Crippen molar-refractivity contribution in [2.45, 2.75) is 33.1 Å². The molecule has 3 rings (SSSR count). The van der Waals surface area contributed by atoms with Crippen LogP contribution in [0.3, 0.4) is 0 Å². The van der Waals surface area contributed by atoms with Crippen molar-refractivity contribution in [2.75, 3.05) is 35.5 Å². The van der Waals surface area contributed by atoms with Gasteiger partial charge in [-0.05, 0) is 35.7 Å². The first-order valence-electron chi connectivity index (χ1n) is 12.1. The monoisotopic (exact) mass is 510 g/mol. The van der Waals surface area contributed by atoms with Crippen LogP contribution < -0.4 is 18.9 Å². The average Bonchev–Trinajstić information content (AvgIpc) is 2.93. The van der Waals surface area contributed by atoms with Crippen LogP contribution in [0.4, 0.5) is 0 Å². The molecule has 0 saturated heterocycles. The van der Waals surface area contributed by atoms with Crippen molar-refractivity contribution in [1.82, 2.24) is 0 Å². The first-order chi connectivity index (χ1) is 17.8. The summed E-state index contributed by atoms with van der Waals surface area (Å²) >= 11 is 0. The molecule has 0 heterocycles. The molecule has 3 aromatic carbocycles. The third kappa shape index (κ3) is 5.01. The Morgan fingerprint density at radius 3 is 1.97 bits per heavy atom. The molecule has 0 spiro atoms. The van der Waals surface area contributed by atoms with Crippen molar-refractivity contribution in [2.24, 2.45) is 5.92 Å². The number of methoxy groups -OCH3 is 5. The van der Waals surface area contributed by atoms with Crippen molar-refractivity contribution in [3.05, 3.63) is 41.5 Å². The molecule has 0 aliphatic rings. The maximum Gasteiger partial charge on any atom is 0.339 e. The van der Waals surface area contributed by atoms with E-state index in [4.69, 9.17) is 23.7 Å². The van der Waals surface area contributed by atoms with E-state index >= 15 is 0 Å². The molecule has 0 saturated carbocycles. The second-order valence-electron chi connectivity index (χ2n) is 8.57. The predicted molar refractivity (Wildman–Crippen MR) is 142 cm³/mol. The molecular formula is C29H34O8. The van der Waals surface area contributed by atoms with Crippen LogP contribution in [0.5, 0.6) is 28.7 Å². The van der Waals surface area contributed by atoms with Crippen molar-refractivity contribution < 1.29 is 38.4 Å². The lowest BCUT2D eigenvalue weighted by molar-refractivity contribution is 0.0597. The van der Waals surface area contributed by atoms with Gasteiger partial charge in [0.2, 0.25) is 0 Å². The molecule has 0 amide bonds. The summed E-state index contributed by atoms with van der Waals surface area (Å²) in [7, 11) is 7.23. The smallest absolute Gasteiger partial charge is 0.339 e. The Kier molecular flexibility index (Phi) is 8.86. The van der Waals surface area contributed by atoms with Gasteiger partial charge in [-0.1, -0.05) is 32.8 Å². The molecule has 0 radical (unpaired) electrons. The van der Waals surface area contributed by atoms with Crippen molar-refractivity contribution in [3.8, 4) is 39.9 Å². The molecule has 0 aliphatic carbocycles. The minimum atomic E-state index is -0.764. The highest BCUT2D eigenvalue weighted by molar-refractivity contribution is 6.21. The standard InChI is InChI=1S/C29H34O8/c1-8-16(9-2)14-19(30)25-26(29(32)37-7)23(17-10-12-20(33-3)22(15-17)35-5)24-18(27(25)31)11-13-21(34-4)28(24)36-6/h10-13,15-16,31H,8-9,14H2,1-7H3. The van der Waals surface area contributed by atoms with Gasteiger partial charge in [-0.25, -0.2) is 4.79 Å². The number of rotatable bonds is 11. The number of ether oxygens (including phenoxy) is 5. The highest BCUT2D eigenvalue weighted by Gasteiger charge is 2.32. The molecule has 3 aromatic rings. The van der Waals surface area contributed by atoms with Crippen LogP contribution in [-0.4, -0.2) is 52.4 Å². The van der Waals surface area contributed by atoms with E-state index in [1.165, 1.54) is 35.5 Å². The fourth-order valence-electron chi connectivity index (χ4n) is 4.68. The Morgan fingerprint density at radius 1 is 0.811 bits per heavy atom. The number of phenolic OH excluding ortho intramolecular Hbond substituents is 1. The van der Waals surface area contributed by atoms with Gasteiger partial charge in [0, 0.05) is 22.8 Å². The summed E-state index contributed by atoms with van der Waals surface area (Å²) in [6, 6.07) is 8.43. The van der Waals surface area contributed by atoms with Gasteiger partial charge in [-0.15, -0.1) is 0 Å². The molecule has 8 nitrogen and oxygen atoms in total. The van der Waals surface area contributed by atoms with Crippen LogP contribution in [0.15, 0.2) is 30.3 Å². The molecule has 0 aliphatic heterocycles. The zero-order valence-electron chi connectivity index (χ0n) is 22.4. The molecule has 8 heteroatoms. The van der Waals surface area contributed by atoms with Gasteiger partial charge in [0.15, 0.2) is 28.8 Å². The summed E-state index contributed by atoms with van der Waals surface area (Å²) in [6.45, 7) is 4.02. The van der Waals surface area contributed by atoms with E-state index in [1.807, 2.05) is 13.8 Å². The summed E-state index contributed by atoms with van der Waals surface area (Å²) in [4.78, 5) is 27.1. The van der Waals surface area contributed by atoms with Crippen LogP contribution in [0, 0.1) is 5.92 Å². The minimum Gasteiger partial charge on any atom is -0.507 e. The van der Waals surface area contributed by atoms with Crippen molar-refractivity contribution in [3.63, 3.8) is 0 Å². The molecule has 1 N–H and O–H groups in total. The molecular weight excluding hydrogens is 476 g/mol. The Balaban J connectivity index is 2.58. The summed E-state index contributed by atoms with van der Waals surface area (Å²) in [5.41, 5.74) is 0.751. The summed E-state index contributed by atoms with van der Waals surface area (Å²) in [5.74, 6) is 0.281. The van der Waals surface area contributed by atoms with E-state index in [-0.39, 0.29) is 35.0 Å². The van der Waals surface area contributed by atoms with Crippen LogP contribution in [-0.2, 0) is 4.74 Å². The molecule has 0 aromatic heterocycles. The van der Waals surface area contributed by atoms with E-state index in [0.717, 1.165) is 12.8 Å². The lowest BCUT2D eigenvalue weighted by Gasteiger charge is -2.22. The van der Waals surface area contributed by atoms with Gasteiger partial charge in [0.1, 0.15) is 5.75 Å². The third-order valence-corrected chi connectivity index (χ3v) is 6.76. The highest BCUT2D eigenvalue weighted by atomic mass is 16.5. The fourth-order valence-corrected chi connectivity index (χ4v) is 4.68. The number of carbonyl (C=O) groups is 2. The maximum absolute atomic E-state index is 13.7. The first-order valence-corrected chi connectivity index (χ1v) is 12.1. The van der Waals surface area contributed by atoms with Crippen LogP contribution in [0.1, 0.15) is 53.8 Å². The lowest BCUT2D eigenvalue weighted by Crippen LogP contribution is -2.16. The Labute approximate surface area is 217 Å². The normalized spacial score (nSPS) is 10.9. The van der Waals surface area contributed by atoms with E-state index < -0.39 is 5.97 Å². The predicted octanol–water partition coefficient (Wildman–Crippen LogP) is 6.04. The van der Waals surface area contributed by atoms with Crippen molar-refractivity contribution in [1.29, 1.82) is 0 Å². The third-order valence-electron chi connectivity index (χ3n) is 6.76. The molecule has 0 atom stereocenters. The zero-order valence-corrected chi connectivity index (χ0v) is 22.4. The Morgan fingerprint density at radius 2 is 1.43 bits per heavy atom. The quantitative estimate of drug-likeness (QED) is 0.246. The molecule has 0 unspecified atom stereocenters. The second kappa shape index (κ2) is 11.9. The number of carbonyl (C=O) groups excluding carboxylic acids is 2. The average molecular weight is 511 g/mol. The number of aromatic hydroxyl groups is 1. The van der Waals surface area contributed by atoms with Crippen LogP contribution in [0.25, 0.3) is 21.9 Å². The van der Waals surface area contributed by atoms with Crippen molar-refractivity contribution >= 4 is 22.5 Å². The second-order valence-corrected chi connectivity index (χ2v) is 8.57. The van der Waals surface area contributed by atoms with Crippen LogP contribution >= 0.6 is 0 Å². The number of hydrogen-bond acceptors (Lipinski definition) is 8. The minimum absolute atomic E-state index is 0.0535. The zero-order chi connectivity index (χ0) is 27.3. The molecule has 0 fully saturated rings. The number of fused-ring (bicyclic) bond motifs is 1. The summed E-state index contributed by atoms with van der Waals surface area (Å²) in [5, 5.41) is 12.2. The molecule has 198 valence electrons. The fraction of sp³-hybridized carbons (Fsp3) is 0.379. The van der Waals surface area contributed by atoms with Gasteiger partial charge in [-0.3, -0.25) is 4.79 Å². The summed E-state index contributed by atoms with van der Waals surface area (Å²) in [6.07, 6.45) is 1.75. The topological polar surface area (TPSA) is 101 Å². The molecule has 0 bridgehead atoms. The van der Waals surface area contributed by atoms with Crippen LogP contribution in [0.2, 0.25) is 0 Å². The van der Waals surface area contributed by atoms with Gasteiger partial charge < -0.3 is 28.8 Å².